The molecule has 0 saturated carbocycles. The number of aliphatic hydroxyl groups excluding tert-OH is 1. The normalized spacial score (nSPS) is 14.1. The van der Waals surface area contributed by atoms with Crippen LogP contribution in [-0.2, 0) is 9.53 Å². The molecule has 0 radical (unpaired) electrons. The van der Waals surface area contributed by atoms with E-state index in [0.717, 1.165) is 0 Å². The van der Waals surface area contributed by atoms with E-state index in [9.17, 15) is 14.7 Å². The number of carbonyl (C=O) groups is 2. The van der Waals surface area contributed by atoms with E-state index in [4.69, 9.17) is 10.5 Å². The third-order valence-corrected chi connectivity index (χ3v) is 2.38. The molecule has 0 rings (SSSR count). The lowest BCUT2D eigenvalue weighted by Gasteiger charge is -2.20. The molecule has 2 atom stereocenters. The number of rotatable bonds is 8. The first-order chi connectivity index (χ1) is 8.38. The van der Waals surface area contributed by atoms with Crippen LogP contribution in [0.4, 0.5) is 4.79 Å². The van der Waals surface area contributed by atoms with Gasteiger partial charge in [-0.15, -0.1) is 0 Å². The Morgan fingerprint density at radius 3 is 2.44 bits per heavy atom. The summed E-state index contributed by atoms with van der Waals surface area (Å²) in [4.78, 5) is 22.5. The van der Waals surface area contributed by atoms with Crippen molar-refractivity contribution in [3.05, 3.63) is 0 Å². The summed E-state index contributed by atoms with van der Waals surface area (Å²) >= 11 is 0. The minimum absolute atomic E-state index is 0.0681. The first kappa shape index (κ1) is 16.7. The first-order valence-electron chi connectivity index (χ1n) is 5.89. The molecular weight excluding hydrogens is 238 g/mol. The van der Waals surface area contributed by atoms with Crippen LogP contribution in [0.25, 0.3) is 0 Å². The van der Waals surface area contributed by atoms with E-state index in [-0.39, 0.29) is 18.4 Å². The largest absolute Gasteiger partial charge is 0.391 e. The molecule has 0 fully saturated rings. The molecule has 18 heavy (non-hydrogen) atoms. The summed E-state index contributed by atoms with van der Waals surface area (Å²) in [5.74, 6) is -0.380. The van der Waals surface area contributed by atoms with Crippen molar-refractivity contribution in [3.8, 4) is 0 Å². The first-order valence-corrected chi connectivity index (χ1v) is 5.89. The third-order valence-electron chi connectivity index (χ3n) is 2.38. The predicted octanol–water partition coefficient (Wildman–Crippen LogP) is -0.807. The van der Waals surface area contributed by atoms with E-state index in [1.165, 1.54) is 7.11 Å². The summed E-state index contributed by atoms with van der Waals surface area (Å²) in [5, 5.41) is 14.4. The van der Waals surface area contributed by atoms with E-state index in [1.54, 1.807) is 13.8 Å². The van der Waals surface area contributed by atoms with Crippen LogP contribution in [0.15, 0.2) is 0 Å². The van der Waals surface area contributed by atoms with Gasteiger partial charge in [-0.1, -0.05) is 13.8 Å². The molecule has 0 saturated heterocycles. The molecule has 0 aromatic carbocycles. The number of aliphatic hydroxyl groups is 1. The molecule has 2 unspecified atom stereocenters. The number of methoxy groups -OCH3 is 1. The third kappa shape index (κ3) is 7.08. The van der Waals surface area contributed by atoms with Crippen molar-refractivity contribution < 1.29 is 19.4 Å². The molecule has 0 aliphatic heterocycles. The van der Waals surface area contributed by atoms with Crippen LogP contribution in [0.1, 0.15) is 20.3 Å². The number of ether oxygens (including phenoxy) is 1. The van der Waals surface area contributed by atoms with E-state index >= 15 is 0 Å². The zero-order chi connectivity index (χ0) is 14.1. The summed E-state index contributed by atoms with van der Waals surface area (Å²) in [6.07, 6.45) is -0.224. The van der Waals surface area contributed by atoms with Gasteiger partial charge in [0.25, 0.3) is 0 Å². The topological polar surface area (TPSA) is 114 Å². The van der Waals surface area contributed by atoms with E-state index in [0.29, 0.717) is 13.0 Å². The minimum atomic E-state index is -0.733. The molecule has 0 aliphatic rings. The van der Waals surface area contributed by atoms with Crippen molar-refractivity contribution in [1.82, 2.24) is 10.6 Å². The second-order valence-corrected chi connectivity index (χ2v) is 4.42. The SMILES string of the molecule is COCC(O)CCNC(=O)C(NC(N)=O)C(C)C. The van der Waals surface area contributed by atoms with Crippen LogP contribution in [0.5, 0.6) is 0 Å². The quantitative estimate of drug-likeness (QED) is 0.457. The van der Waals surface area contributed by atoms with Gasteiger partial charge in [0.2, 0.25) is 5.91 Å². The zero-order valence-corrected chi connectivity index (χ0v) is 11.1. The lowest BCUT2D eigenvalue weighted by Crippen LogP contribution is -2.51. The van der Waals surface area contributed by atoms with Crippen molar-refractivity contribution in [1.29, 1.82) is 0 Å². The fourth-order valence-corrected chi connectivity index (χ4v) is 1.44. The van der Waals surface area contributed by atoms with Gasteiger partial charge in [-0.3, -0.25) is 4.79 Å². The maximum atomic E-state index is 11.8. The van der Waals surface area contributed by atoms with E-state index < -0.39 is 18.2 Å². The highest BCUT2D eigenvalue weighted by atomic mass is 16.5. The summed E-state index contributed by atoms with van der Waals surface area (Å²) in [5.41, 5.74) is 5.00. The smallest absolute Gasteiger partial charge is 0.312 e. The average molecular weight is 261 g/mol. The molecule has 7 nitrogen and oxygen atoms in total. The second kappa shape index (κ2) is 8.71. The Bertz CT molecular complexity index is 271. The molecule has 5 N–H and O–H groups in total. The molecule has 0 heterocycles. The maximum Gasteiger partial charge on any atom is 0.312 e. The van der Waals surface area contributed by atoms with Crippen molar-refractivity contribution in [2.45, 2.75) is 32.4 Å². The van der Waals surface area contributed by atoms with Crippen LogP contribution >= 0.6 is 0 Å². The van der Waals surface area contributed by atoms with Gasteiger partial charge in [0.15, 0.2) is 0 Å². The molecule has 3 amide bonds. The summed E-state index contributed by atoms with van der Waals surface area (Å²) in [6, 6.07) is -1.40. The van der Waals surface area contributed by atoms with Crippen molar-refractivity contribution >= 4 is 11.9 Å². The fraction of sp³-hybridized carbons (Fsp3) is 0.818. The summed E-state index contributed by atoms with van der Waals surface area (Å²) in [7, 11) is 1.49. The van der Waals surface area contributed by atoms with E-state index in [1.807, 2.05) is 0 Å². The van der Waals surface area contributed by atoms with Crippen LogP contribution in [0.3, 0.4) is 0 Å². The molecule has 0 aromatic heterocycles. The van der Waals surface area contributed by atoms with Gasteiger partial charge in [-0.25, -0.2) is 4.79 Å². The van der Waals surface area contributed by atoms with Crippen LogP contribution in [-0.4, -0.2) is 49.5 Å². The monoisotopic (exact) mass is 261 g/mol. The average Bonchev–Trinajstić information content (AvgIpc) is 2.25. The Hall–Kier alpha value is -1.34. The lowest BCUT2D eigenvalue weighted by molar-refractivity contribution is -0.123. The highest BCUT2D eigenvalue weighted by molar-refractivity contribution is 5.86. The number of hydrogen-bond donors (Lipinski definition) is 4. The molecule has 0 aliphatic carbocycles. The Morgan fingerprint density at radius 1 is 1.39 bits per heavy atom. The Balaban J connectivity index is 4.07. The number of amides is 3. The number of urea groups is 1. The van der Waals surface area contributed by atoms with Crippen LogP contribution in [0, 0.1) is 5.92 Å². The molecule has 0 spiro atoms. The molecule has 0 aromatic rings. The Morgan fingerprint density at radius 2 is 2.00 bits per heavy atom. The molecule has 0 bridgehead atoms. The van der Waals surface area contributed by atoms with Gasteiger partial charge < -0.3 is 26.2 Å². The fourth-order valence-electron chi connectivity index (χ4n) is 1.44. The molecule has 106 valence electrons. The minimum Gasteiger partial charge on any atom is -0.391 e. The lowest BCUT2D eigenvalue weighted by atomic mass is 10.0. The maximum absolute atomic E-state index is 11.8. The van der Waals surface area contributed by atoms with Gasteiger partial charge in [-0.2, -0.15) is 0 Å². The van der Waals surface area contributed by atoms with Gasteiger partial charge in [0, 0.05) is 13.7 Å². The number of hydrogen-bond acceptors (Lipinski definition) is 4. The summed E-state index contributed by atoms with van der Waals surface area (Å²) < 4.78 is 4.76. The standard InChI is InChI=1S/C11H23N3O4/c1-7(2)9(14-11(12)17)10(16)13-5-4-8(15)6-18-3/h7-9,15H,4-6H2,1-3H3,(H,13,16)(H3,12,14,17). The van der Waals surface area contributed by atoms with Crippen molar-refractivity contribution in [2.24, 2.45) is 11.7 Å². The van der Waals surface area contributed by atoms with Crippen molar-refractivity contribution in [2.75, 3.05) is 20.3 Å². The van der Waals surface area contributed by atoms with Gasteiger partial charge in [0.05, 0.1) is 12.7 Å². The number of nitrogens with one attached hydrogen (secondary N) is 2. The van der Waals surface area contributed by atoms with E-state index in [2.05, 4.69) is 10.6 Å². The molecular formula is C11H23N3O4. The van der Waals surface area contributed by atoms with Crippen LogP contribution in [0.2, 0.25) is 0 Å². The van der Waals surface area contributed by atoms with Crippen molar-refractivity contribution in [3.63, 3.8) is 0 Å². The number of nitrogens with two attached hydrogens (primary N) is 1. The highest BCUT2D eigenvalue weighted by Gasteiger charge is 2.22. The Kier molecular flexibility index (Phi) is 8.06. The van der Waals surface area contributed by atoms with Gasteiger partial charge in [0.1, 0.15) is 6.04 Å². The number of primary amides is 1. The number of carbonyl (C=O) groups excluding carboxylic acids is 2. The van der Waals surface area contributed by atoms with Gasteiger partial charge in [-0.05, 0) is 12.3 Å². The molecule has 7 heteroatoms. The Labute approximate surface area is 107 Å². The summed E-state index contributed by atoms with van der Waals surface area (Å²) in [6.45, 7) is 4.15. The zero-order valence-electron chi connectivity index (χ0n) is 11.1. The highest BCUT2D eigenvalue weighted by Crippen LogP contribution is 2.01. The van der Waals surface area contributed by atoms with Crippen LogP contribution < -0.4 is 16.4 Å². The predicted molar refractivity (Wildman–Crippen MR) is 66.9 cm³/mol. The second-order valence-electron chi connectivity index (χ2n) is 4.42. The van der Waals surface area contributed by atoms with Gasteiger partial charge >= 0.3 is 6.03 Å².